The van der Waals surface area contributed by atoms with Crippen LogP contribution in [-0.4, -0.2) is 53.5 Å². The second-order valence-electron chi connectivity index (χ2n) is 2.64. The molecule has 0 aromatic carbocycles. The van der Waals surface area contributed by atoms with Crippen molar-refractivity contribution >= 4 is 18.6 Å². The number of hydrogen-bond acceptors (Lipinski definition) is 4. The third kappa shape index (κ3) is 3.00. The van der Waals surface area contributed by atoms with Crippen molar-refractivity contribution in [1.29, 1.82) is 0 Å². The topological polar surface area (TPSA) is 43.8 Å². The molecule has 1 N–H and O–H groups in total. The van der Waals surface area contributed by atoms with Crippen molar-refractivity contribution in [3.8, 4) is 0 Å². The maximum absolute atomic E-state index is 10.7. The lowest BCUT2D eigenvalue weighted by Gasteiger charge is -2.31. The van der Waals surface area contributed by atoms with E-state index in [1.165, 1.54) is 0 Å². The zero-order valence-corrected chi connectivity index (χ0v) is 8.58. The Balaban J connectivity index is 4.33. The smallest absolute Gasteiger partial charge is 0.323 e. The number of carbonyl (C=O) groups is 1. The second kappa shape index (κ2) is 5.40. The first-order valence-corrected chi connectivity index (χ1v) is 4.45. The van der Waals surface area contributed by atoms with E-state index in [1.54, 1.807) is 10.0 Å². The van der Waals surface area contributed by atoms with Gasteiger partial charge in [0.2, 0.25) is 0 Å². The van der Waals surface area contributed by atoms with Gasteiger partial charge in [-0.25, -0.2) is 10.0 Å². The van der Waals surface area contributed by atoms with Crippen molar-refractivity contribution in [2.45, 2.75) is 13.0 Å². The number of aliphatic carboxylic acids is 1. The maximum Gasteiger partial charge on any atom is 0.323 e. The fourth-order valence-electron chi connectivity index (χ4n) is 1.08. The summed E-state index contributed by atoms with van der Waals surface area (Å²) in [5, 5.41) is 12.3. The third-order valence-electron chi connectivity index (χ3n) is 1.66. The van der Waals surface area contributed by atoms with Gasteiger partial charge in [-0.1, -0.05) is 6.92 Å². The minimum Gasteiger partial charge on any atom is -0.480 e. The fourth-order valence-corrected chi connectivity index (χ4v) is 1.43. The van der Waals surface area contributed by atoms with Gasteiger partial charge in [0.05, 0.1) is 0 Å². The largest absolute Gasteiger partial charge is 0.480 e. The Hall–Kier alpha value is -0.260. The molecule has 0 aliphatic carbocycles. The lowest BCUT2D eigenvalue weighted by molar-refractivity contribution is -0.148. The highest BCUT2D eigenvalue weighted by atomic mass is 32.1. The summed E-state index contributed by atoms with van der Waals surface area (Å²) in [4.78, 5) is 10.7. The minimum atomic E-state index is -0.833. The van der Waals surface area contributed by atoms with E-state index >= 15 is 0 Å². The number of carboxylic acids is 1. The highest BCUT2D eigenvalue weighted by Crippen LogP contribution is 2.03. The molecule has 0 aromatic heterocycles. The average molecular weight is 192 g/mol. The molecule has 0 aliphatic rings. The van der Waals surface area contributed by atoms with E-state index < -0.39 is 12.0 Å². The lowest BCUT2D eigenvalue weighted by Crippen LogP contribution is -2.49. The SMILES string of the molecule is CCN(C(CS)C(=O)O)N(C)C. The average Bonchev–Trinajstić information content (AvgIpc) is 1.98. The van der Waals surface area contributed by atoms with Crippen LogP contribution in [0.3, 0.4) is 0 Å². The Morgan fingerprint density at radius 2 is 2.08 bits per heavy atom. The molecule has 1 atom stereocenters. The Morgan fingerprint density at radius 1 is 1.58 bits per heavy atom. The first-order chi connectivity index (χ1) is 5.54. The molecule has 4 nitrogen and oxygen atoms in total. The molecule has 72 valence electrons. The summed E-state index contributed by atoms with van der Waals surface area (Å²) >= 11 is 3.99. The molecule has 0 saturated carbocycles. The number of rotatable bonds is 5. The fraction of sp³-hybridized carbons (Fsp3) is 0.857. The van der Waals surface area contributed by atoms with Gasteiger partial charge in [-0.2, -0.15) is 12.6 Å². The molecule has 0 bridgehead atoms. The van der Waals surface area contributed by atoms with Gasteiger partial charge in [0, 0.05) is 26.4 Å². The molecule has 5 heteroatoms. The highest BCUT2D eigenvalue weighted by molar-refractivity contribution is 7.80. The number of hydrazine groups is 1. The summed E-state index contributed by atoms with van der Waals surface area (Å²) in [7, 11) is 3.64. The first kappa shape index (κ1) is 11.7. The molecule has 0 heterocycles. The number of thiol groups is 1. The van der Waals surface area contributed by atoms with Gasteiger partial charge >= 0.3 is 5.97 Å². The number of nitrogens with zero attached hydrogens (tertiary/aromatic N) is 2. The highest BCUT2D eigenvalue weighted by Gasteiger charge is 2.23. The van der Waals surface area contributed by atoms with Crippen molar-refractivity contribution in [2.24, 2.45) is 0 Å². The molecule has 12 heavy (non-hydrogen) atoms. The van der Waals surface area contributed by atoms with Crippen LogP contribution in [0.25, 0.3) is 0 Å². The van der Waals surface area contributed by atoms with Crippen LogP contribution in [0.5, 0.6) is 0 Å². The number of hydrogen-bond donors (Lipinski definition) is 2. The van der Waals surface area contributed by atoms with E-state index in [1.807, 2.05) is 21.0 Å². The summed E-state index contributed by atoms with van der Waals surface area (Å²) in [6, 6.07) is -0.534. The van der Waals surface area contributed by atoms with Crippen LogP contribution < -0.4 is 0 Å². The molecule has 0 aliphatic heterocycles. The Kier molecular flexibility index (Phi) is 5.28. The Bertz CT molecular complexity index is 152. The van der Waals surface area contributed by atoms with Crippen LogP contribution in [0.2, 0.25) is 0 Å². The summed E-state index contributed by atoms with van der Waals surface area (Å²) in [5.74, 6) is -0.512. The molecular formula is C7H16N2O2S. The van der Waals surface area contributed by atoms with Gasteiger partial charge in [0.1, 0.15) is 6.04 Å². The molecule has 0 amide bonds. The molecule has 0 spiro atoms. The van der Waals surface area contributed by atoms with Gasteiger partial charge in [-0.15, -0.1) is 0 Å². The van der Waals surface area contributed by atoms with E-state index in [0.29, 0.717) is 12.3 Å². The van der Waals surface area contributed by atoms with Crippen LogP contribution in [0.15, 0.2) is 0 Å². The summed E-state index contributed by atoms with van der Waals surface area (Å²) in [6.07, 6.45) is 0. The predicted octanol–water partition coefficient (Wildman–Crippen LogP) is 0.168. The molecule has 1 unspecified atom stereocenters. The van der Waals surface area contributed by atoms with Crippen molar-refractivity contribution in [1.82, 2.24) is 10.0 Å². The van der Waals surface area contributed by atoms with Crippen LogP contribution in [0.1, 0.15) is 6.92 Å². The van der Waals surface area contributed by atoms with Crippen molar-refractivity contribution in [2.75, 3.05) is 26.4 Å². The summed E-state index contributed by atoms with van der Waals surface area (Å²) < 4.78 is 0. The van der Waals surface area contributed by atoms with Gasteiger partial charge in [0.15, 0.2) is 0 Å². The van der Waals surface area contributed by atoms with E-state index in [-0.39, 0.29) is 0 Å². The van der Waals surface area contributed by atoms with Crippen LogP contribution in [-0.2, 0) is 4.79 Å². The third-order valence-corrected chi connectivity index (χ3v) is 2.00. The predicted molar refractivity (Wildman–Crippen MR) is 51.3 cm³/mol. The maximum atomic E-state index is 10.7. The normalized spacial score (nSPS) is 13.8. The summed E-state index contributed by atoms with van der Waals surface area (Å²) in [6.45, 7) is 2.59. The molecule has 0 rings (SSSR count). The van der Waals surface area contributed by atoms with Gasteiger partial charge in [-0.3, -0.25) is 4.79 Å². The van der Waals surface area contributed by atoms with Crippen molar-refractivity contribution < 1.29 is 9.90 Å². The monoisotopic (exact) mass is 192 g/mol. The van der Waals surface area contributed by atoms with Gasteiger partial charge < -0.3 is 5.11 Å². The van der Waals surface area contributed by atoms with Gasteiger partial charge in [-0.05, 0) is 0 Å². The molecule has 0 radical (unpaired) electrons. The molecule has 0 saturated heterocycles. The number of likely N-dealkylation sites (N-methyl/N-ethyl adjacent to an activating group) is 1. The van der Waals surface area contributed by atoms with Crippen molar-refractivity contribution in [3.05, 3.63) is 0 Å². The molecule has 0 fully saturated rings. The van der Waals surface area contributed by atoms with Crippen molar-refractivity contribution in [3.63, 3.8) is 0 Å². The van der Waals surface area contributed by atoms with E-state index in [4.69, 9.17) is 5.11 Å². The Labute approximate surface area is 78.5 Å². The minimum absolute atomic E-state index is 0.321. The molecule has 0 aromatic rings. The zero-order valence-electron chi connectivity index (χ0n) is 7.69. The Morgan fingerprint density at radius 3 is 2.17 bits per heavy atom. The number of carboxylic acid groups (broad SMARTS) is 1. The van der Waals surface area contributed by atoms with Gasteiger partial charge in [0.25, 0.3) is 0 Å². The summed E-state index contributed by atoms with van der Waals surface area (Å²) in [5.41, 5.74) is 0. The van der Waals surface area contributed by atoms with E-state index in [0.717, 1.165) is 0 Å². The standard InChI is InChI=1S/C7H16N2O2S/c1-4-9(8(2)3)6(5-12)7(10)11/h6,12H,4-5H2,1-3H3,(H,10,11). The van der Waals surface area contributed by atoms with Crippen LogP contribution >= 0.6 is 12.6 Å². The van der Waals surface area contributed by atoms with E-state index in [2.05, 4.69) is 12.6 Å². The first-order valence-electron chi connectivity index (χ1n) is 3.82. The van der Waals surface area contributed by atoms with Crippen LogP contribution in [0.4, 0.5) is 0 Å². The van der Waals surface area contributed by atoms with E-state index in [9.17, 15) is 4.79 Å². The zero-order chi connectivity index (χ0) is 9.72. The molecular weight excluding hydrogens is 176 g/mol. The second-order valence-corrected chi connectivity index (χ2v) is 3.00. The van der Waals surface area contributed by atoms with Crippen LogP contribution in [0, 0.1) is 0 Å². The lowest BCUT2D eigenvalue weighted by atomic mass is 10.3. The quantitative estimate of drug-likeness (QED) is 0.481.